The maximum Gasteiger partial charge on any atom is 0.418 e. The summed E-state index contributed by atoms with van der Waals surface area (Å²) >= 11 is 3.40. The van der Waals surface area contributed by atoms with E-state index in [1.807, 2.05) is 11.0 Å². The minimum absolute atomic E-state index is 0.245. The SMILES string of the molecule is COc1c(CCCCN2CCN(c3ccc(N)c(C(F)(F)F)c3)CC2)cc(Br)c(C(N)=O)c1OC. The van der Waals surface area contributed by atoms with Crippen LogP contribution in [0.2, 0.25) is 0 Å². The summed E-state index contributed by atoms with van der Waals surface area (Å²) in [6.07, 6.45) is -1.93. The van der Waals surface area contributed by atoms with Crippen molar-refractivity contribution in [1.29, 1.82) is 0 Å². The number of carbonyl (C=O) groups excluding carboxylic acids is 1. The van der Waals surface area contributed by atoms with E-state index in [4.69, 9.17) is 20.9 Å². The number of aryl methyl sites for hydroxylation is 1. The zero-order valence-corrected chi connectivity index (χ0v) is 21.3. The monoisotopic (exact) mass is 558 g/mol. The van der Waals surface area contributed by atoms with Gasteiger partial charge in [0.1, 0.15) is 0 Å². The van der Waals surface area contributed by atoms with Crippen LogP contribution in [0.25, 0.3) is 0 Å². The summed E-state index contributed by atoms with van der Waals surface area (Å²) in [6.45, 7) is 3.70. The van der Waals surface area contributed by atoms with Crippen molar-refractivity contribution in [2.75, 3.05) is 57.6 Å². The fourth-order valence-corrected chi connectivity index (χ4v) is 5.01. The number of piperazine rings is 1. The molecule has 1 saturated heterocycles. The molecule has 11 heteroatoms. The molecule has 2 aromatic carbocycles. The number of nitrogens with two attached hydrogens (primary N) is 2. The molecule has 3 rings (SSSR count). The minimum Gasteiger partial charge on any atom is -0.493 e. The van der Waals surface area contributed by atoms with Crippen molar-refractivity contribution >= 4 is 33.2 Å². The average molecular weight is 559 g/mol. The van der Waals surface area contributed by atoms with Gasteiger partial charge in [0.15, 0.2) is 11.5 Å². The normalized spacial score (nSPS) is 14.7. The number of amides is 1. The second-order valence-corrected chi connectivity index (χ2v) is 9.23. The highest BCUT2D eigenvalue weighted by atomic mass is 79.9. The Hall–Kier alpha value is -2.66. The Balaban J connectivity index is 1.53. The minimum atomic E-state index is -4.47. The molecule has 0 unspecified atom stereocenters. The van der Waals surface area contributed by atoms with Crippen LogP contribution < -0.4 is 25.8 Å². The van der Waals surface area contributed by atoms with Crippen molar-refractivity contribution < 1.29 is 27.4 Å². The molecule has 7 nitrogen and oxygen atoms in total. The molecule has 1 aliphatic heterocycles. The number of anilines is 2. The average Bonchev–Trinajstić information content (AvgIpc) is 2.81. The third-order valence-corrected chi connectivity index (χ3v) is 6.79. The van der Waals surface area contributed by atoms with Crippen LogP contribution in [0.4, 0.5) is 24.5 Å². The molecule has 1 fully saturated rings. The molecular weight excluding hydrogens is 529 g/mol. The molecule has 0 radical (unpaired) electrons. The maximum atomic E-state index is 13.2. The van der Waals surface area contributed by atoms with Gasteiger partial charge in [-0.15, -0.1) is 0 Å². The van der Waals surface area contributed by atoms with Gasteiger partial charge < -0.3 is 25.8 Å². The number of halogens is 4. The molecule has 4 N–H and O–H groups in total. The zero-order chi connectivity index (χ0) is 25.8. The van der Waals surface area contributed by atoms with Crippen LogP contribution in [-0.2, 0) is 12.6 Å². The van der Waals surface area contributed by atoms with Crippen LogP contribution in [0.1, 0.15) is 34.3 Å². The first-order valence-electron chi connectivity index (χ1n) is 11.2. The van der Waals surface area contributed by atoms with Crippen molar-refractivity contribution in [3.63, 3.8) is 0 Å². The van der Waals surface area contributed by atoms with E-state index in [1.54, 1.807) is 6.07 Å². The summed E-state index contributed by atoms with van der Waals surface area (Å²) < 4.78 is 51.0. The number of ether oxygens (including phenoxy) is 2. The van der Waals surface area contributed by atoms with Crippen molar-refractivity contribution in [3.8, 4) is 11.5 Å². The van der Waals surface area contributed by atoms with Gasteiger partial charge in [0.25, 0.3) is 5.91 Å². The molecular formula is C24H30BrF3N4O3. The first-order chi connectivity index (χ1) is 16.6. The molecule has 1 amide bonds. The molecule has 0 aromatic heterocycles. The van der Waals surface area contributed by atoms with Gasteiger partial charge in [-0.05, 0) is 71.6 Å². The Morgan fingerprint density at radius 2 is 1.71 bits per heavy atom. The fraction of sp³-hybridized carbons (Fsp3) is 0.458. The van der Waals surface area contributed by atoms with Gasteiger partial charge in [-0.25, -0.2) is 0 Å². The Morgan fingerprint density at radius 1 is 1.06 bits per heavy atom. The number of hydrogen-bond donors (Lipinski definition) is 2. The Kier molecular flexibility index (Phi) is 8.76. The Bertz CT molecular complexity index is 1060. The topological polar surface area (TPSA) is 94.0 Å². The molecule has 192 valence electrons. The lowest BCUT2D eigenvalue weighted by molar-refractivity contribution is -0.136. The molecule has 1 aliphatic rings. The highest BCUT2D eigenvalue weighted by molar-refractivity contribution is 9.10. The fourth-order valence-electron chi connectivity index (χ4n) is 4.36. The first kappa shape index (κ1) is 26.9. The summed E-state index contributed by atoms with van der Waals surface area (Å²) in [5.41, 5.74) is 11.6. The second kappa shape index (κ2) is 11.4. The van der Waals surface area contributed by atoms with Crippen LogP contribution in [0.15, 0.2) is 28.7 Å². The molecule has 2 aromatic rings. The van der Waals surface area contributed by atoms with Gasteiger partial charge in [0.2, 0.25) is 0 Å². The molecule has 0 aliphatic carbocycles. The Labute approximate surface area is 211 Å². The van der Waals surface area contributed by atoms with E-state index in [0.717, 1.165) is 50.5 Å². The number of carbonyl (C=O) groups is 1. The predicted molar refractivity (Wildman–Crippen MR) is 133 cm³/mol. The summed E-state index contributed by atoms with van der Waals surface area (Å²) in [4.78, 5) is 16.1. The molecule has 0 spiro atoms. The smallest absolute Gasteiger partial charge is 0.418 e. The maximum absolute atomic E-state index is 13.2. The van der Waals surface area contributed by atoms with Crippen molar-refractivity contribution in [2.45, 2.75) is 25.4 Å². The van der Waals surface area contributed by atoms with Crippen LogP contribution in [0.3, 0.4) is 0 Å². The summed E-state index contributed by atoms with van der Waals surface area (Å²) in [5.74, 6) is 0.211. The summed E-state index contributed by atoms with van der Waals surface area (Å²) in [5, 5.41) is 0. The van der Waals surface area contributed by atoms with Crippen molar-refractivity contribution in [3.05, 3.63) is 45.4 Å². The lowest BCUT2D eigenvalue weighted by Gasteiger charge is -2.36. The third-order valence-electron chi connectivity index (χ3n) is 6.17. The molecule has 0 atom stereocenters. The lowest BCUT2D eigenvalue weighted by atomic mass is 10.0. The van der Waals surface area contributed by atoms with Gasteiger partial charge in [-0.1, -0.05) is 0 Å². The number of alkyl halides is 3. The van der Waals surface area contributed by atoms with E-state index in [9.17, 15) is 18.0 Å². The lowest BCUT2D eigenvalue weighted by Crippen LogP contribution is -2.46. The van der Waals surface area contributed by atoms with Crippen LogP contribution in [0.5, 0.6) is 11.5 Å². The predicted octanol–water partition coefficient (Wildman–Crippen LogP) is 4.31. The first-order valence-corrected chi connectivity index (χ1v) is 12.0. The van der Waals surface area contributed by atoms with Gasteiger partial charge in [0.05, 0.1) is 25.3 Å². The number of methoxy groups -OCH3 is 2. The number of rotatable bonds is 9. The highest BCUT2D eigenvalue weighted by Gasteiger charge is 2.33. The number of primary amides is 1. The highest BCUT2D eigenvalue weighted by Crippen LogP contribution is 2.40. The van der Waals surface area contributed by atoms with Crippen LogP contribution in [-0.4, -0.2) is 57.8 Å². The molecule has 35 heavy (non-hydrogen) atoms. The zero-order valence-electron chi connectivity index (χ0n) is 19.8. The van der Waals surface area contributed by atoms with E-state index >= 15 is 0 Å². The summed E-state index contributed by atoms with van der Waals surface area (Å²) in [7, 11) is 2.99. The molecule has 1 heterocycles. The quantitative estimate of drug-likeness (QED) is 0.352. The third kappa shape index (κ3) is 6.32. The number of nitrogens with zero attached hydrogens (tertiary/aromatic N) is 2. The second-order valence-electron chi connectivity index (χ2n) is 8.38. The number of nitrogen functional groups attached to an aromatic ring is 1. The Morgan fingerprint density at radius 3 is 2.29 bits per heavy atom. The van der Waals surface area contributed by atoms with Crippen molar-refractivity contribution in [1.82, 2.24) is 4.90 Å². The van der Waals surface area contributed by atoms with E-state index in [1.165, 1.54) is 20.3 Å². The number of hydrogen-bond acceptors (Lipinski definition) is 6. The van der Waals surface area contributed by atoms with Crippen LogP contribution in [0, 0.1) is 0 Å². The van der Waals surface area contributed by atoms with E-state index in [2.05, 4.69) is 20.8 Å². The molecule has 0 saturated carbocycles. The van der Waals surface area contributed by atoms with Crippen molar-refractivity contribution in [2.24, 2.45) is 5.73 Å². The van der Waals surface area contributed by atoms with Gasteiger partial charge in [-0.3, -0.25) is 9.69 Å². The van der Waals surface area contributed by atoms with Gasteiger partial charge >= 0.3 is 6.18 Å². The van der Waals surface area contributed by atoms with Crippen LogP contribution >= 0.6 is 15.9 Å². The summed E-state index contributed by atoms with van der Waals surface area (Å²) in [6, 6.07) is 5.93. The van der Waals surface area contributed by atoms with E-state index in [0.29, 0.717) is 34.7 Å². The van der Waals surface area contributed by atoms with Gasteiger partial charge in [-0.2, -0.15) is 13.2 Å². The largest absolute Gasteiger partial charge is 0.493 e. The van der Waals surface area contributed by atoms with E-state index < -0.39 is 17.6 Å². The number of unbranched alkanes of at least 4 members (excludes halogenated alkanes) is 1. The van der Waals surface area contributed by atoms with Gasteiger partial charge in [0, 0.05) is 42.0 Å². The standard InChI is InChI=1S/C24H30BrF3N4O3/c1-34-21-15(13-18(25)20(23(30)33)22(21)35-2)5-3-4-8-31-9-11-32(12-10-31)16-6-7-19(29)17(14-16)24(26,27)28/h6-7,13-14H,3-5,8-12,29H2,1-2H3,(H2,30,33). The number of benzene rings is 2. The van der Waals surface area contributed by atoms with E-state index in [-0.39, 0.29) is 11.3 Å². The molecule has 0 bridgehead atoms.